The lowest BCUT2D eigenvalue weighted by Gasteiger charge is -2.39. The van der Waals surface area contributed by atoms with E-state index < -0.39 is 0 Å². The van der Waals surface area contributed by atoms with E-state index in [0.29, 0.717) is 12.6 Å². The maximum absolute atomic E-state index is 5.99. The maximum Gasteiger partial charge on any atom is 0.136 e. The van der Waals surface area contributed by atoms with E-state index in [-0.39, 0.29) is 0 Å². The van der Waals surface area contributed by atoms with Crippen LogP contribution in [0.5, 0.6) is 5.75 Å². The largest absolute Gasteiger partial charge is 0.497 e. The standard InChI is InChI=1S/C17H23N3O/c1-12-6-8-20(14(9-12)11-18)17-16-4-3-15(21-2)10-13(16)5-7-19-17/h3-5,7,10,12,14H,6,8-9,11,18H2,1-2H3. The van der Waals surface area contributed by atoms with Crippen molar-refractivity contribution in [3.05, 3.63) is 30.5 Å². The van der Waals surface area contributed by atoms with E-state index >= 15 is 0 Å². The highest BCUT2D eigenvalue weighted by molar-refractivity contribution is 5.93. The maximum atomic E-state index is 5.99. The van der Waals surface area contributed by atoms with Crippen molar-refractivity contribution in [1.29, 1.82) is 0 Å². The quantitative estimate of drug-likeness (QED) is 0.942. The molecule has 4 heteroatoms. The molecule has 2 atom stereocenters. The van der Waals surface area contributed by atoms with E-state index in [4.69, 9.17) is 10.5 Å². The Bertz CT molecular complexity index is 628. The van der Waals surface area contributed by atoms with Gasteiger partial charge in [0, 0.05) is 30.7 Å². The number of anilines is 1. The minimum Gasteiger partial charge on any atom is -0.497 e. The highest BCUT2D eigenvalue weighted by atomic mass is 16.5. The van der Waals surface area contributed by atoms with Crippen molar-refractivity contribution in [2.24, 2.45) is 11.7 Å². The van der Waals surface area contributed by atoms with Crippen LogP contribution in [0.2, 0.25) is 0 Å². The minimum absolute atomic E-state index is 0.383. The van der Waals surface area contributed by atoms with Gasteiger partial charge in [-0.15, -0.1) is 0 Å². The zero-order valence-corrected chi connectivity index (χ0v) is 12.7. The first-order chi connectivity index (χ1) is 10.2. The molecule has 0 radical (unpaired) electrons. The monoisotopic (exact) mass is 285 g/mol. The highest BCUT2D eigenvalue weighted by Crippen LogP contribution is 2.32. The average Bonchev–Trinajstić information content (AvgIpc) is 2.53. The summed E-state index contributed by atoms with van der Waals surface area (Å²) in [6, 6.07) is 8.57. The number of pyridine rings is 1. The van der Waals surface area contributed by atoms with Crippen LogP contribution in [0.15, 0.2) is 30.5 Å². The summed E-state index contributed by atoms with van der Waals surface area (Å²) in [5.41, 5.74) is 5.99. The number of benzene rings is 1. The summed E-state index contributed by atoms with van der Waals surface area (Å²) in [6.07, 6.45) is 4.22. The predicted octanol–water partition coefficient (Wildman–Crippen LogP) is 2.81. The van der Waals surface area contributed by atoms with Crippen LogP contribution in [0.25, 0.3) is 10.8 Å². The Morgan fingerprint density at radius 2 is 2.24 bits per heavy atom. The van der Waals surface area contributed by atoms with E-state index in [1.807, 2.05) is 18.3 Å². The minimum atomic E-state index is 0.383. The number of piperidine rings is 1. The molecule has 2 heterocycles. The molecule has 112 valence electrons. The summed E-state index contributed by atoms with van der Waals surface area (Å²) in [7, 11) is 1.69. The van der Waals surface area contributed by atoms with Crippen molar-refractivity contribution in [2.45, 2.75) is 25.8 Å². The Hall–Kier alpha value is -1.81. The molecule has 0 aliphatic carbocycles. The molecular weight excluding hydrogens is 262 g/mol. The van der Waals surface area contributed by atoms with Crippen molar-refractivity contribution in [3.63, 3.8) is 0 Å². The Morgan fingerprint density at radius 3 is 3.00 bits per heavy atom. The fraction of sp³-hybridized carbons (Fsp3) is 0.471. The number of fused-ring (bicyclic) bond motifs is 1. The number of hydrogen-bond donors (Lipinski definition) is 1. The predicted molar refractivity (Wildman–Crippen MR) is 86.9 cm³/mol. The van der Waals surface area contributed by atoms with Gasteiger partial charge in [0.2, 0.25) is 0 Å². The molecule has 1 fully saturated rings. The van der Waals surface area contributed by atoms with Gasteiger partial charge in [-0.05, 0) is 48.4 Å². The molecule has 2 unspecified atom stereocenters. The molecule has 1 aromatic heterocycles. The topological polar surface area (TPSA) is 51.4 Å². The number of ether oxygens (including phenoxy) is 1. The van der Waals surface area contributed by atoms with Gasteiger partial charge in [0.05, 0.1) is 7.11 Å². The fourth-order valence-corrected chi connectivity index (χ4v) is 3.25. The molecule has 4 nitrogen and oxygen atoms in total. The zero-order valence-electron chi connectivity index (χ0n) is 12.7. The summed E-state index contributed by atoms with van der Waals surface area (Å²) in [5, 5.41) is 2.33. The van der Waals surface area contributed by atoms with E-state index in [0.717, 1.165) is 35.8 Å². The van der Waals surface area contributed by atoms with Crippen LogP contribution >= 0.6 is 0 Å². The van der Waals surface area contributed by atoms with Crippen LogP contribution in [0.4, 0.5) is 5.82 Å². The molecule has 2 aromatic rings. The number of rotatable bonds is 3. The first-order valence-corrected chi connectivity index (χ1v) is 7.62. The van der Waals surface area contributed by atoms with Gasteiger partial charge in [-0.25, -0.2) is 4.98 Å². The number of hydrogen-bond acceptors (Lipinski definition) is 4. The lowest BCUT2D eigenvalue weighted by Crippen LogP contribution is -2.46. The lowest BCUT2D eigenvalue weighted by atomic mass is 9.92. The lowest BCUT2D eigenvalue weighted by molar-refractivity contribution is 0.365. The van der Waals surface area contributed by atoms with Crippen molar-refractivity contribution in [1.82, 2.24) is 4.98 Å². The Morgan fingerprint density at radius 1 is 1.38 bits per heavy atom. The Balaban J connectivity index is 2.03. The molecule has 21 heavy (non-hydrogen) atoms. The second-order valence-electron chi connectivity index (χ2n) is 5.93. The van der Waals surface area contributed by atoms with Crippen molar-refractivity contribution >= 4 is 16.6 Å². The van der Waals surface area contributed by atoms with E-state index in [1.165, 1.54) is 11.8 Å². The second-order valence-corrected chi connectivity index (χ2v) is 5.93. The van der Waals surface area contributed by atoms with Crippen molar-refractivity contribution in [2.75, 3.05) is 25.1 Å². The van der Waals surface area contributed by atoms with Crippen LogP contribution in [0.1, 0.15) is 19.8 Å². The van der Waals surface area contributed by atoms with Crippen molar-refractivity contribution in [3.8, 4) is 5.75 Å². The van der Waals surface area contributed by atoms with Gasteiger partial charge < -0.3 is 15.4 Å². The van der Waals surface area contributed by atoms with E-state index in [2.05, 4.69) is 28.9 Å². The number of nitrogens with two attached hydrogens (primary N) is 1. The van der Waals surface area contributed by atoms with Gasteiger partial charge in [0.1, 0.15) is 11.6 Å². The smallest absolute Gasteiger partial charge is 0.136 e. The van der Waals surface area contributed by atoms with Gasteiger partial charge in [-0.3, -0.25) is 0 Å². The molecule has 1 aliphatic heterocycles. The molecule has 2 N–H and O–H groups in total. The van der Waals surface area contributed by atoms with Crippen LogP contribution in [0, 0.1) is 5.92 Å². The van der Waals surface area contributed by atoms with Gasteiger partial charge in [-0.1, -0.05) is 6.92 Å². The molecular formula is C17H23N3O. The van der Waals surface area contributed by atoms with Crippen molar-refractivity contribution < 1.29 is 4.74 Å². The van der Waals surface area contributed by atoms with E-state index in [9.17, 15) is 0 Å². The molecule has 1 aliphatic rings. The number of aromatic nitrogens is 1. The molecule has 0 saturated carbocycles. The van der Waals surface area contributed by atoms with Crippen LogP contribution < -0.4 is 15.4 Å². The van der Waals surface area contributed by atoms with E-state index in [1.54, 1.807) is 7.11 Å². The van der Waals surface area contributed by atoms with Gasteiger partial charge in [0.15, 0.2) is 0 Å². The fourth-order valence-electron chi connectivity index (χ4n) is 3.25. The van der Waals surface area contributed by atoms with Crippen LogP contribution in [-0.4, -0.2) is 31.2 Å². The molecule has 3 rings (SSSR count). The third-order valence-corrected chi connectivity index (χ3v) is 4.47. The summed E-state index contributed by atoms with van der Waals surface area (Å²) in [6.45, 7) is 4.02. The Kier molecular flexibility index (Phi) is 3.97. The van der Waals surface area contributed by atoms with Gasteiger partial charge in [0.25, 0.3) is 0 Å². The Labute approximate surface area is 125 Å². The third-order valence-electron chi connectivity index (χ3n) is 4.47. The normalized spacial score (nSPS) is 22.5. The molecule has 1 aromatic carbocycles. The molecule has 1 saturated heterocycles. The van der Waals surface area contributed by atoms with Crippen LogP contribution in [-0.2, 0) is 0 Å². The average molecular weight is 285 g/mol. The summed E-state index contributed by atoms with van der Waals surface area (Å²) in [5.74, 6) is 2.67. The third kappa shape index (κ3) is 2.68. The zero-order chi connectivity index (χ0) is 14.8. The first kappa shape index (κ1) is 14.1. The summed E-state index contributed by atoms with van der Waals surface area (Å²) < 4.78 is 5.31. The molecule has 0 spiro atoms. The number of methoxy groups -OCH3 is 1. The van der Waals surface area contributed by atoms with Gasteiger partial charge in [-0.2, -0.15) is 0 Å². The summed E-state index contributed by atoms with van der Waals surface area (Å²) in [4.78, 5) is 7.02. The second kappa shape index (κ2) is 5.90. The number of nitrogens with zero attached hydrogens (tertiary/aromatic N) is 2. The van der Waals surface area contributed by atoms with Crippen LogP contribution in [0.3, 0.4) is 0 Å². The molecule has 0 bridgehead atoms. The SMILES string of the molecule is COc1ccc2c(N3CCC(C)CC3CN)nccc2c1. The van der Waals surface area contributed by atoms with Gasteiger partial charge >= 0.3 is 0 Å². The molecule has 0 amide bonds. The highest BCUT2D eigenvalue weighted by Gasteiger charge is 2.27. The first-order valence-electron chi connectivity index (χ1n) is 7.62. The summed E-state index contributed by atoms with van der Waals surface area (Å²) >= 11 is 0.